The second-order valence-corrected chi connectivity index (χ2v) is 6.99. The Morgan fingerprint density at radius 3 is 2.63 bits per heavy atom. The molecule has 4 nitrogen and oxygen atoms in total. The van der Waals surface area contributed by atoms with E-state index >= 15 is 0 Å². The second-order valence-electron chi connectivity index (χ2n) is 6.55. The summed E-state index contributed by atoms with van der Waals surface area (Å²) in [7, 11) is 1.63. The van der Waals surface area contributed by atoms with E-state index in [2.05, 4.69) is 5.32 Å². The van der Waals surface area contributed by atoms with Crippen molar-refractivity contribution in [1.29, 1.82) is 0 Å². The molecule has 27 heavy (non-hydrogen) atoms. The van der Waals surface area contributed by atoms with Crippen molar-refractivity contribution in [2.45, 2.75) is 27.3 Å². The highest BCUT2D eigenvalue weighted by molar-refractivity contribution is 6.30. The molecule has 3 rings (SSSR count). The predicted molar refractivity (Wildman–Crippen MR) is 109 cm³/mol. The number of aryl methyl sites for hydroxylation is 2. The van der Waals surface area contributed by atoms with Crippen LogP contribution in [0.25, 0.3) is 16.5 Å². The van der Waals surface area contributed by atoms with Crippen LogP contribution in [0.4, 0.5) is 0 Å². The Morgan fingerprint density at radius 2 is 1.96 bits per heavy atom. The van der Waals surface area contributed by atoms with Gasteiger partial charge in [-0.25, -0.2) is 0 Å². The highest BCUT2D eigenvalue weighted by Crippen LogP contribution is 2.37. The summed E-state index contributed by atoms with van der Waals surface area (Å²) in [6.45, 7) is 6.30. The predicted octanol–water partition coefficient (Wildman–Crippen LogP) is 5.43. The largest absolute Gasteiger partial charge is 0.496 e. The fourth-order valence-corrected chi connectivity index (χ4v) is 3.24. The van der Waals surface area contributed by atoms with Crippen LogP contribution in [0.2, 0.25) is 5.02 Å². The maximum atomic E-state index is 12.4. The number of amides is 1. The summed E-state index contributed by atoms with van der Waals surface area (Å²) in [5.74, 6) is 0.558. The van der Waals surface area contributed by atoms with Crippen LogP contribution in [0, 0.1) is 13.8 Å². The van der Waals surface area contributed by atoms with Crippen molar-refractivity contribution in [3.63, 3.8) is 0 Å². The molecule has 0 saturated heterocycles. The Hall–Kier alpha value is -2.72. The van der Waals surface area contributed by atoms with E-state index in [0.29, 0.717) is 11.6 Å². The molecule has 3 aromatic rings. The zero-order chi connectivity index (χ0) is 19.6. The van der Waals surface area contributed by atoms with Gasteiger partial charge in [-0.3, -0.25) is 4.79 Å². The van der Waals surface area contributed by atoms with Gasteiger partial charge in [0.05, 0.1) is 13.4 Å². The molecule has 0 spiro atoms. The molecule has 0 aliphatic rings. The fourth-order valence-electron chi connectivity index (χ4n) is 3.11. The van der Waals surface area contributed by atoms with Gasteiger partial charge in [0.15, 0.2) is 0 Å². The molecule has 0 saturated carbocycles. The number of carbonyl (C=O) groups is 1. The van der Waals surface area contributed by atoms with Crippen LogP contribution in [-0.4, -0.2) is 13.0 Å². The van der Waals surface area contributed by atoms with Crippen molar-refractivity contribution in [2.24, 2.45) is 0 Å². The van der Waals surface area contributed by atoms with Crippen LogP contribution < -0.4 is 10.1 Å². The summed E-state index contributed by atoms with van der Waals surface area (Å²) in [5, 5.41) is 4.60. The van der Waals surface area contributed by atoms with Crippen LogP contribution in [0.5, 0.6) is 5.75 Å². The van der Waals surface area contributed by atoms with Gasteiger partial charge in [-0.05, 0) is 55.7 Å². The maximum Gasteiger partial charge on any atom is 0.244 e. The topological polar surface area (TPSA) is 51.5 Å². The number of methoxy groups -OCH3 is 1. The van der Waals surface area contributed by atoms with E-state index in [-0.39, 0.29) is 5.91 Å². The van der Waals surface area contributed by atoms with Gasteiger partial charge in [-0.2, -0.15) is 0 Å². The van der Waals surface area contributed by atoms with Crippen molar-refractivity contribution >= 4 is 34.1 Å². The molecule has 0 fully saturated rings. The summed E-state index contributed by atoms with van der Waals surface area (Å²) in [5.41, 5.74) is 5.49. The number of benzene rings is 2. The van der Waals surface area contributed by atoms with E-state index in [1.54, 1.807) is 31.6 Å². The number of furan rings is 1. The molecular formula is C22H22ClNO3. The number of nitrogens with one attached hydrogen (secondary N) is 1. The van der Waals surface area contributed by atoms with E-state index < -0.39 is 0 Å². The molecule has 1 N–H and O–H groups in total. The van der Waals surface area contributed by atoms with Crippen molar-refractivity contribution in [2.75, 3.05) is 7.11 Å². The first-order valence-corrected chi connectivity index (χ1v) is 9.05. The van der Waals surface area contributed by atoms with Crippen molar-refractivity contribution in [3.8, 4) is 5.75 Å². The minimum absolute atomic E-state index is 0.161. The lowest BCUT2D eigenvalue weighted by Crippen LogP contribution is -2.20. The fraction of sp³-hybridized carbons (Fsp3) is 0.227. The molecule has 1 aromatic heterocycles. The second kappa shape index (κ2) is 7.89. The number of rotatable bonds is 5. The highest BCUT2D eigenvalue weighted by atomic mass is 35.5. The van der Waals surface area contributed by atoms with Crippen molar-refractivity contribution in [3.05, 3.63) is 69.9 Å². The Kier molecular flexibility index (Phi) is 5.57. The molecule has 0 aliphatic heterocycles. The lowest BCUT2D eigenvalue weighted by molar-refractivity contribution is -0.116. The number of halogens is 1. The smallest absolute Gasteiger partial charge is 0.244 e. The van der Waals surface area contributed by atoms with Crippen molar-refractivity contribution < 1.29 is 13.9 Å². The van der Waals surface area contributed by atoms with Crippen LogP contribution in [0.1, 0.15) is 29.2 Å². The van der Waals surface area contributed by atoms with Gasteiger partial charge in [0.25, 0.3) is 0 Å². The third kappa shape index (κ3) is 4.01. The normalized spacial score (nSPS) is 11.7. The molecule has 0 radical (unpaired) electrons. The molecule has 0 bridgehead atoms. The molecule has 140 valence electrons. The first-order chi connectivity index (χ1) is 12.9. The monoisotopic (exact) mass is 383 g/mol. The Morgan fingerprint density at radius 1 is 1.26 bits per heavy atom. The summed E-state index contributed by atoms with van der Waals surface area (Å²) < 4.78 is 11.2. The maximum absolute atomic E-state index is 12.4. The Bertz CT molecular complexity index is 1020. The van der Waals surface area contributed by atoms with E-state index in [0.717, 1.165) is 44.5 Å². The molecular weight excluding hydrogens is 362 g/mol. The summed E-state index contributed by atoms with van der Waals surface area (Å²) in [6.07, 6.45) is 3.33. The zero-order valence-corrected chi connectivity index (χ0v) is 16.6. The average Bonchev–Trinajstić information content (AvgIpc) is 3.02. The third-order valence-corrected chi connectivity index (χ3v) is 4.85. The van der Waals surface area contributed by atoms with Gasteiger partial charge >= 0.3 is 0 Å². The number of hydrogen-bond donors (Lipinski definition) is 1. The van der Waals surface area contributed by atoms with Gasteiger partial charge in [-0.1, -0.05) is 23.7 Å². The first-order valence-electron chi connectivity index (χ1n) is 8.67. The van der Waals surface area contributed by atoms with E-state index in [1.807, 2.05) is 39.0 Å². The Labute approximate surface area is 163 Å². The minimum Gasteiger partial charge on any atom is -0.496 e. The van der Waals surface area contributed by atoms with E-state index in [9.17, 15) is 4.79 Å². The Balaban J connectivity index is 1.85. The number of hydrogen-bond acceptors (Lipinski definition) is 3. The number of allylic oxidation sites excluding steroid dienone is 1. The molecule has 2 aromatic carbocycles. The van der Waals surface area contributed by atoms with Gasteiger partial charge < -0.3 is 14.5 Å². The zero-order valence-electron chi connectivity index (χ0n) is 15.9. The molecule has 5 heteroatoms. The lowest BCUT2D eigenvalue weighted by Gasteiger charge is -2.13. The summed E-state index contributed by atoms with van der Waals surface area (Å²) in [6, 6.07) is 9.40. The third-order valence-electron chi connectivity index (χ3n) is 4.59. The van der Waals surface area contributed by atoms with Crippen LogP contribution >= 0.6 is 11.6 Å². The quantitative estimate of drug-likeness (QED) is 0.597. The van der Waals surface area contributed by atoms with Gasteiger partial charge in [0.2, 0.25) is 5.91 Å². The minimum atomic E-state index is -0.161. The SMILES string of the molecule is COc1c(/C(C)=C/C(=O)NCc2ccc(Cl)cc2)cc2c(C)coc2c1C. The molecule has 0 aliphatic carbocycles. The molecule has 0 atom stereocenters. The van der Waals surface area contributed by atoms with Crippen LogP contribution in [0.3, 0.4) is 0 Å². The molecule has 1 heterocycles. The first kappa shape index (κ1) is 19.1. The summed E-state index contributed by atoms with van der Waals surface area (Å²) >= 11 is 5.88. The average molecular weight is 384 g/mol. The van der Waals surface area contributed by atoms with Gasteiger partial charge in [-0.15, -0.1) is 0 Å². The van der Waals surface area contributed by atoms with Crippen LogP contribution in [-0.2, 0) is 11.3 Å². The summed E-state index contributed by atoms with van der Waals surface area (Å²) in [4.78, 5) is 12.4. The number of ether oxygens (including phenoxy) is 1. The number of carbonyl (C=O) groups excluding carboxylic acids is 1. The lowest BCUT2D eigenvalue weighted by atomic mass is 9.98. The molecule has 0 unspecified atom stereocenters. The van der Waals surface area contributed by atoms with Crippen molar-refractivity contribution in [1.82, 2.24) is 5.32 Å². The molecule has 1 amide bonds. The van der Waals surface area contributed by atoms with Crippen LogP contribution in [0.15, 0.2) is 47.1 Å². The van der Waals surface area contributed by atoms with Gasteiger partial charge in [0, 0.05) is 34.2 Å². The van der Waals surface area contributed by atoms with E-state index in [4.69, 9.17) is 20.8 Å². The highest BCUT2D eigenvalue weighted by Gasteiger charge is 2.16. The van der Waals surface area contributed by atoms with E-state index in [1.165, 1.54) is 0 Å². The standard InChI is InChI=1S/C22H22ClNO3/c1-13(9-20(25)24-11-16-5-7-17(23)8-6-16)18-10-19-14(2)12-27-22(19)15(3)21(18)26-4/h5-10,12H,11H2,1-4H3,(H,24,25)/b13-9+. The number of fused-ring (bicyclic) bond motifs is 1. The van der Waals surface area contributed by atoms with Gasteiger partial charge in [0.1, 0.15) is 11.3 Å².